The lowest BCUT2D eigenvalue weighted by atomic mass is 10.1. The number of hydrogen-bond acceptors (Lipinski definition) is 9. The number of pyridine rings is 2. The first-order chi connectivity index (χ1) is 16.6. The van der Waals surface area contributed by atoms with Crippen molar-refractivity contribution < 1.29 is 10.2 Å². The van der Waals surface area contributed by atoms with Gasteiger partial charge in [0.25, 0.3) is 0 Å². The maximum atomic E-state index is 9.68. The normalized spacial score (nSPS) is 17.6. The molecule has 2 aliphatic rings. The molecule has 5 heterocycles. The van der Waals surface area contributed by atoms with Crippen molar-refractivity contribution in [2.75, 3.05) is 49.6 Å². The summed E-state index contributed by atoms with van der Waals surface area (Å²) in [5.41, 5.74) is 3.97. The Bertz CT molecular complexity index is 1150. The van der Waals surface area contributed by atoms with E-state index in [4.69, 9.17) is 15.0 Å². The fourth-order valence-electron chi connectivity index (χ4n) is 4.77. The molecule has 1 unspecified atom stereocenters. The molecule has 1 fully saturated rings. The van der Waals surface area contributed by atoms with Gasteiger partial charge < -0.3 is 20.4 Å². The lowest BCUT2D eigenvalue weighted by Gasteiger charge is -2.29. The lowest BCUT2D eigenvalue weighted by molar-refractivity contribution is 0.183. The standard InChI is InChI=1S/C25H33N7O2/c1-17(16-34)21-13-19-14-26-25(30-23(19)24(28-21)32-8-3-2-4-9-32)29-22-6-5-18-15-31(11-12-33)10-7-20(18)27-22/h5-6,13-14,17,33-34H,2-4,7-12,15-16H2,1H3,(H,26,27,29,30). The third kappa shape index (κ3) is 4.82. The minimum absolute atomic E-state index is 0.0428. The number of rotatable bonds is 7. The van der Waals surface area contributed by atoms with Crippen molar-refractivity contribution in [3.8, 4) is 0 Å². The maximum absolute atomic E-state index is 9.68. The molecule has 2 aliphatic heterocycles. The molecule has 0 spiro atoms. The van der Waals surface area contributed by atoms with Gasteiger partial charge in [0.2, 0.25) is 5.95 Å². The molecule has 0 aliphatic carbocycles. The van der Waals surface area contributed by atoms with Gasteiger partial charge >= 0.3 is 0 Å². The first-order valence-corrected chi connectivity index (χ1v) is 12.3. The van der Waals surface area contributed by atoms with Crippen LogP contribution in [0.3, 0.4) is 0 Å². The molecule has 0 saturated carbocycles. The second-order valence-electron chi connectivity index (χ2n) is 9.31. The molecule has 5 rings (SSSR count). The average molecular weight is 464 g/mol. The van der Waals surface area contributed by atoms with Crippen molar-refractivity contribution >= 4 is 28.5 Å². The van der Waals surface area contributed by atoms with E-state index in [0.29, 0.717) is 12.5 Å². The first-order valence-electron chi connectivity index (χ1n) is 12.3. The summed E-state index contributed by atoms with van der Waals surface area (Å²) in [6, 6.07) is 6.05. The second-order valence-corrected chi connectivity index (χ2v) is 9.31. The maximum Gasteiger partial charge on any atom is 0.229 e. The smallest absolute Gasteiger partial charge is 0.229 e. The van der Waals surface area contributed by atoms with E-state index >= 15 is 0 Å². The number of nitrogens with one attached hydrogen (secondary N) is 1. The summed E-state index contributed by atoms with van der Waals surface area (Å²) in [6.07, 6.45) is 6.23. The van der Waals surface area contributed by atoms with Crippen LogP contribution >= 0.6 is 0 Å². The average Bonchev–Trinajstić information content (AvgIpc) is 2.88. The number of nitrogens with zero attached hydrogens (tertiary/aromatic N) is 6. The number of piperidine rings is 1. The Morgan fingerprint density at radius 3 is 2.71 bits per heavy atom. The number of anilines is 3. The SMILES string of the molecule is CC(CO)c1cc2cnc(Nc3ccc4c(n3)CCN(CCO)C4)nc2c(N2CCCCC2)n1. The quantitative estimate of drug-likeness (QED) is 0.487. The van der Waals surface area contributed by atoms with Gasteiger partial charge in [-0.25, -0.2) is 19.9 Å². The van der Waals surface area contributed by atoms with Crippen molar-refractivity contribution in [1.82, 2.24) is 24.8 Å². The highest BCUT2D eigenvalue weighted by Gasteiger charge is 2.21. The molecule has 3 N–H and O–H groups in total. The summed E-state index contributed by atoms with van der Waals surface area (Å²) in [5.74, 6) is 2.06. The van der Waals surface area contributed by atoms with Gasteiger partial charge in [-0.1, -0.05) is 13.0 Å². The molecular weight excluding hydrogens is 430 g/mol. The van der Waals surface area contributed by atoms with Gasteiger partial charge in [-0.3, -0.25) is 4.90 Å². The third-order valence-electron chi connectivity index (χ3n) is 6.78. The van der Waals surface area contributed by atoms with E-state index in [-0.39, 0.29) is 19.1 Å². The molecule has 0 bridgehead atoms. The Hall–Kier alpha value is -2.88. The number of aliphatic hydroxyl groups excluding tert-OH is 2. The van der Waals surface area contributed by atoms with Crippen molar-refractivity contribution in [3.05, 3.63) is 41.3 Å². The van der Waals surface area contributed by atoms with Crippen LogP contribution in [0.15, 0.2) is 24.4 Å². The van der Waals surface area contributed by atoms with Crippen LogP contribution in [-0.4, -0.2) is 74.4 Å². The van der Waals surface area contributed by atoms with Crippen molar-refractivity contribution in [3.63, 3.8) is 0 Å². The molecule has 34 heavy (non-hydrogen) atoms. The molecule has 0 amide bonds. The molecule has 3 aromatic heterocycles. The second kappa shape index (κ2) is 10.2. The highest BCUT2D eigenvalue weighted by Crippen LogP contribution is 2.30. The van der Waals surface area contributed by atoms with Gasteiger partial charge in [0, 0.05) is 68.0 Å². The molecule has 1 saturated heterocycles. The fourth-order valence-corrected chi connectivity index (χ4v) is 4.77. The Morgan fingerprint density at radius 2 is 1.91 bits per heavy atom. The van der Waals surface area contributed by atoms with E-state index in [9.17, 15) is 10.2 Å². The van der Waals surface area contributed by atoms with Crippen LogP contribution < -0.4 is 10.2 Å². The van der Waals surface area contributed by atoms with Crippen molar-refractivity contribution in [2.24, 2.45) is 0 Å². The summed E-state index contributed by atoms with van der Waals surface area (Å²) in [4.78, 5) is 23.7. The molecule has 0 aromatic carbocycles. The number of hydrogen-bond donors (Lipinski definition) is 3. The first kappa shape index (κ1) is 22.9. The Morgan fingerprint density at radius 1 is 1.06 bits per heavy atom. The van der Waals surface area contributed by atoms with E-state index < -0.39 is 0 Å². The summed E-state index contributed by atoms with van der Waals surface area (Å²) >= 11 is 0. The van der Waals surface area contributed by atoms with Crippen molar-refractivity contribution in [2.45, 2.75) is 45.1 Å². The van der Waals surface area contributed by atoms with Crippen LogP contribution in [0.4, 0.5) is 17.6 Å². The molecular formula is C25H33N7O2. The predicted molar refractivity (Wildman–Crippen MR) is 132 cm³/mol. The van der Waals surface area contributed by atoms with Gasteiger partial charge in [0.1, 0.15) is 11.3 Å². The number of aliphatic hydroxyl groups is 2. The zero-order valence-corrected chi connectivity index (χ0v) is 19.7. The predicted octanol–water partition coefficient (Wildman–Crippen LogP) is 2.60. The highest BCUT2D eigenvalue weighted by molar-refractivity contribution is 5.89. The van der Waals surface area contributed by atoms with Gasteiger partial charge in [-0.05, 0) is 37.0 Å². The van der Waals surface area contributed by atoms with Gasteiger partial charge in [-0.2, -0.15) is 0 Å². The van der Waals surface area contributed by atoms with Crippen LogP contribution in [0.5, 0.6) is 0 Å². The van der Waals surface area contributed by atoms with E-state index in [1.54, 1.807) is 0 Å². The lowest BCUT2D eigenvalue weighted by Crippen LogP contribution is -2.33. The summed E-state index contributed by atoms with van der Waals surface area (Å²) in [6.45, 7) is 6.55. The Balaban J connectivity index is 1.44. The molecule has 1 atom stereocenters. The summed E-state index contributed by atoms with van der Waals surface area (Å²) in [7, 11) is 0. The van der Waals surface area contributed by atoms with Gasteiger partial charge in [-0.15, -0.1) is 0 Å². The minimum atomic E-state index is -0.0428. The van der Waals surface area contributed by atoms with Crippen molar-refractivity contribution in [1.29, 1.82) is 0 Å². The molecule has 0 radical (unpaired) electrons. The molecule has 3 aromatic rings. The van der Waals surface area contributed by atoms with Crippen LogP contribution in [-0.2, 0) is 13.0 Å². The summed E-state index contributed by atoms with van der Waals surface area (Å²) in [5, 5.41) is 23.1. The number of aromatic nitrogens is 4. The van der Waals surface area contributed by atoms with E-state index in [1.807, 2.05) is 25.3 Å². The zero-order chi connectivity index (χ0) is 23.5. The molecule has 9 nitrogen and oxygen atoms in total. The van der Waals surface area contributed by atoms with Gasteiger partial charge in [0.15, 0.2) is 5.82 Å². The van der Waals surface area contributed by atoms with Crippen LogP contribution in [0.25, 0.3) is 10.9 Å². The molecule has 9 heteroatoms. The third-order valence-corrected chi connectivity index (χ3v) is 6.78. The van der Waals surface area contributed by atoms with Crippen LogP contribution in [0.2, 0.25) is 0 Å². The Labute approximate surface area is 199 Å². The number of β-amino-alcohol motifs (C(OH)–C–C–N with tert-alkyl or cyclic N) is 1. The topological polar surface area (TPSA) is 111 Å². The Kier molecular flexibility index (Phi) is 6.85. The van der Waals surface area contributed by atoms with E-state index in [0.717, 1.165) is 79.4 Å². The minimum Gasteiger partial charge on any atom is -0.396 e. The highest BCUT2D eigenvalue weighted by atomic mass is 16.3. The van der Waals surface area contributed by atoms with Crippen LogP contribution in [0, 0.1) is 0 Å². The van der Waals surface area contributed by atoms with E-state index in [2.05, 4.69) is 26.2 Å². The van der Waals surface area contributed by atoms with Gasteiger partial charge in [0.05, 0.1) is 13.2 Å². The number of fused-ring (bicyclic) bond motifs is 2. The molecule has 180 valence electrons. The monoisotopic (exact) mass is 463 g/mol. The fraction of sp³-hybridized carbons (Fsp3) is 0.520. The zero-order valence-electron chi connectivity index (χ0n) is 19.7. The van der Waals surface area contributed by atoms with E-state index in [1.165, 1.54) is 12.0 Å². The van der Waals surface area contributed by atoms with Crippen LogP contribution in [0.1, 0.15) is 49.1 Å². The largest absolute Gasteiger partial charge is 0.396 e. The summed E-state index contributed by atoms with van der Waals surface area (Å²) < 4.78 is 0.